The van der Waals surface area contributed by atoms with Gasteiger partial charge in [0.25, 0.3) is 0 Å². The van der Waals surface area contributed by atoms with Crippen molar-refractivity contribution in [3.8, 4) is 0 Å². The highest BCUT2D eigenvalue weighted by molar-refractivity contribution is 5.85. The number of alkyl halides is 3. The van der Waals surface area contributed by atoms with E-state index in [1.807, 2.05) is 0 Å². The maximum atomic E-state index is 12.7. The number of aromatic nitrogens is 2. The van der Waals surface area contributed by atoms with Crippen LogP contribution in [-0.4, -0.2) is 33.1 Å². The monoisotopic (exact) mass is 285 g/mol. The second-order valence-electron chi connectivity index (χ2n) is 3.94. The van der Waals surface area contributed by atoms with Gasteiger partial charge < -0.3 is 10.4 Å². The van der Waals surface area contributed by atoms with Crippen LogP contribution in [0.3, 0.4) is 0 Å². The molecule has 0 unspecified atom stereocenters. The zero-order valence-corrected chi connectivity index (χ0v) is 10.0. The van der Waals surface area contributed by atoms with E-state index in [2.05, 4.69) is 10.4 Å². The first-order chi connectivity index (χ1) is 7.80. The second kappa shape index (κ2) is 4.68. The predicted molar refractivity (Wildman–Crippen MR) is 58.8 cm³/mol. The maximum absolute atomic E-state index is 12.7. The van der Waals surface area contributed by atoms with Gasteiger partial charge in [-0.3, -0.25) is 9.48 Å². The number of anilines is 1. The molecule has 0 aromatic carbocycles. The lowest BCUT2D eigenvalue weighted by molar-refractivity contribution is -0.169. The largest absolute Gasteiger partial charge is 0.481 e. The van der Waals surface area contributed by atoms with Crippen LogP contribution in [0.4, 0.5) is 18.9 Å². The molecule has 0 fully saturated rings. The zero-order valence-electron chi connectivity index (χ0n) is 9.23. The summed E-state index contributed by atoms with van der Waals surface area (Å²) in [5.41, 5.74) is 0.713. The van der Waals surface area contributed by atoms with Gasteiger partial charge >= 0.3 is 12.1 Å². The molecule has 18 heavy (non-hydrogen) atoms. The number of fused-ring (bicyclic) bond motifs is 1. The van der Waals surface area contributed by atoms with Gasteiger partial charge in [-0.2, -0.15) is 18.3 Å². The minimum Gasteiger partial charge on any atom is -0.481 e. The van der Waals surface area contributed by atoms with Gasteiger partial charge in [-0.05, 0) is 0 Å². The molecule has 1 aromatic rings. The van der Waals surface area contributed by atoms with Gasteiger partial charge in [-0.1, -0.05) is 0 Å². The van der Waals surface area contributed by atoms with E-state index < -0.39 is 24.1 Å². The van der Waals surface area contributed by atoms with Crippen LogP contribution in [0.2, 0.25) is 0 Å². The summed E-state index contributed by atoms with van der Waals surface area (Å²) in [4.78, 5) is 10.9. The number of carbonyl (C=O) groups is 1. The molecular formula is C9H11ClF3N3O2. The number of aliphatic carboxylic acids is 1. The number of carboxylic acids is 1. The van der Waals surface area contributed by atoms with Crippen molar-refractivity contribution < 1.29 is 23.1 Å². The van der Waals surface area contributed by atoms with E-state index >= 15 is 0 Å². The summed E-state index contributed by atoms with van der Waals surface area (Å²) in [6.07, 6.45) is -3.51. The van der Waals surface area contributed by atoms with E-state index in [-0.39, 0.29) is 24.5 Å². The Bertz CT molecular complexity index is 460. The summed E-state index contributed by atoms with van der Waals surface area (Å²) in [7, 11) is 1.56. The van der Waals surface area contributed by atoms with Crippen LogP contribution in [-0.2, 0) is 18.3 Å². The van der Waals surface area contributed by atoms with Crippen LogP contribution >= 0.6 is 12.4 Å². The molecule has 5 nitrogen and oxygen atoms in total. The van der Waals surface area contributed by atoms with Crippen molar-refractivity contribution in [3.63, 3.8) is 0 Å². The Kier molecular flexibility index (Phi) is 3.80. The van der Waals surface area contributed by atoms with Crippen molar-refractivity contribution >= 4 is 24.1 Å². The number of aryl methyl sites for hydroxylation is 1. The SMILES string of the molecule is Cl.Cn1ncc2c1C[C@H](C(=O)O)[C@@H](C(F)(F)F)N2. The number of hydrogen-bond acceptors (Lipinski definition) is 3. The maximum Gasteiger partial charge on any atom is 0.409 e. The molecule has 1 aliphatic heterocycles. The highest BCUT2D eigenvalue weighted by atomic mass is 35.5. The number of halogens is 4. The molecule has 2 atom stereocenters. The topological polar surface area (TPSA) is 67.2 Å². The van der Waals surface area contributed by atoms with Crippen LogP contribution in [0.5, 0.6) is 0 Å². The first kappa shape index (κ1) is 14.6. The minimum atomic E-state index is -4.60. The minimum absolute atomic E-state index is 0. The fourth-order valence-electron chi connectivity index (χ4n) is 1.96. The molecule has 2 heterocycles. The van der Waals surface area contributed by atoms with Crippen molar-refractivity contribution in [1.29, 1.82) is 0 Å². The highest BCUT2D eigenvalue weighted by Gasteiger charge is 2.50. The van der Waals surface area contributed by atoms with Crippen LogP contribution in [0.1, 0.15) is 5.69 Å². The fraction of sp³-hybridized carbons (Fsp3) is 0.556. The number of nitrogens with one attached hydrogen (secondary N) is 1. The lowest BCUT2D eigenvalue weighted by atomic mass is 9.90. The van der Waals surface area contributed by atoms with Crippen molar-refractivity contribution in [1.82, 2.24) is 9.78 Å². The molecule has 2 N–H and O–H groups in total. The molecule has 2 rings (SSSR count). The van der Waals surface area contributed by atoms with E-state index in [1.54, 1.807) is 7.05 Å². The second-order valence-corrected chi connectivity index (χ2v) is 3.94. The summed E-state index contributed by atoms with van der Waals surface area (Å²) in [6.45, 7) is 0. The Balaban J connectivity index is 0.00000162. The third kappa shape index (κ3) is 2.38. The lowest BCUT2D eigenvalue weighted by Crippen LogP contribution is -2.49. The third-order valence-electron chi connectivity index (χ3n) is 2.86. The fourth-order valence-corrected chi connectivity index (χ4v) is 1.96. The average Bonchev–Trinajstić information content (AvgIpc) is 2.57. The van der Waals surface area contributed by atoms with E-state index in [4.69, 9.17) is 5.11 Å². The molecule has 1 aliphatic rings. The molecule has 9 heteroatoms. The van der Waals surface area contributed by atoms with Gasteiger partial charge in [0, 0.05) is 13.5 Å². The third-order valence-corrected chi connectivity index (χ3v) is 2.86. The van der Waals surface area contributed by atoms with Crippen LogP contribution in [0, 0.1) is 5.92 Å². The summed E-state index contributed by atoms with van der Waals surface area (Å²) >= 11 is 0. The molecule has 0 saturated carbocycles. The Morgan fingerprint density at radius 2 is 2.22 bits per heavy atom. The summed E-state index contributed by atoms with van der Waals surface area (Å²) in [6, 6.07) is -2.07. The Morgan fingerprint density at radius 3 is 2.72 bits per heavy atom. The molecule has 0 spiro atoms. The van der Waals surface area contributed by atoms with Crippen LogP contribution in [0.15, 0.2) is 6.20 Å². The number of carboxylic acid groups (broad SMARTS) is 1. The predicted octanol–water partition coefficient (Wildman–Crippen LogP) is 1.44. The molecule has 0 bridgehead atoms. The van der Waals surface area contributed by atoms with Crippen molar-refractivity contribution in [2.24, 2.45) is 13.0 Å². The van der Waals surface area contributed by atoms with Gasteiger partial charge in [0.1, 0.15) is 6.04 Å². The molecule has 0 radical (unpaired) electrons. The first-order valence-corrected chi connectivity index (χ1v) is 4.87. The van der Waals surface area contributed by atoms with E-state index in [0.717, 1.165) is 0 Å². The average molecular weight is 286 g/mol. The number of nitrogens with zero attached hydrogens (tertiary/aromatic N) is 2. The molecule has 0 saturated heterocycles. The van der Waals surface area contributed by atoms with Gasteiger partial charge in [-0.25, -0.2) is 0 Å². The highest BCUT2D eigenvalue weighted by Crippen LogP contribution is 2.36. The summed E-state index contributed by atoms with van der Waals surface area (Å²) in [5, 5.41) is 14.9. The van der Waals surface area contributed by atoms with E-state index in [9.17, 15) is 18.0 Å². The Morgan fingerprint density at radius 1 is 1.61 bits per heavy atom. The first-order valence-electron chi connectivity index (χ1n) is 4.87. The zero-order chi connectivity index (χ0) is 12.8. The van der Waals surface area contributed by atoms with Gasteiger partial charge in [0.05, 0.1) is 23.5 Å². The standard InChI is InChI=1S/C9H10F3N3O2.ClH/c1-15-6-2-4(8(16)17)7(9(10,11)12)14-5(6)3-13-15;/h3-4,7,14H,2H2,1H3,(H,16,17);1H/t4-,7-;/m0./s1. The van der Waals surface area contributed by atoms with Gasteiger partial charge in [0.15, 0.2) is 0 Å². The van der Waals surface area contributed by atoms with Gasteiger partial charge in [0.2, 0.25) is 0 Å². The molecule has 102 valence electrons. The number of hydrogen-bond donors (Lipinski definition) is 2. The summed E-state index contributed by atoms with van der Waals surface area (Å²) in [5.74, 6) is -3.00. The van der Waals surface area contributed by atoms with Crippen LogP contribution < -0.4 is 5.32 Å². The van der Waals surface area contributed by atoms with E-state index in [0.29, 0.717) is 5.69 Å². The van der Waals surface area contributed by atoms with E-state index in [1.165, 1.54) is 10.9 Å². The molecule has 0 amide bonds. The Hall–Kier alpha value is -1.44. The summed E-state index contributed by atoms with van der Waals surface area (Å²) < 4.78 is 39.5. The van der Waals surface area contributed by atoms with Gasteiger partial charge in [-0.15, -0.1) is 12.4 Å². The normalized spacial score (nSPS) is 22.7. The quantitative estimate of drug-likeness (QED) is 0.819. The molecule has 0 aliphatic carbocycles. The smallest absolute Gasteiger partial charge is 0.409 e. The van der Waals surface area contributed by atoms with Crippen LogP contribution in [0.25, 0.3) is 0 Å². The van der Waals surface area contributed by atoms with Crippen molar-refractivity contribution in [3.05, 3.63) is 11.9 Å². The lowest BCUT2D eigenvalue weighted by Gasteiger charge is -2.31. The van der Waals surface area contributed by atoms with Crippen molar-refractivity contribution in [2.45, 2.75) is 18.6 Å². The Labute approximate surface area is 106 Å². The van der Waals surface area contributed by atoms with Crippen molar-refractivity contribution in [2.75, 3.05) is 5.32 Å². The number of rotatable bonds is 1. The molecule has 1 aromatic heterocycles. The molecular weight excluding hydrogens is 275 g/mol.